The Labute approximate surface area is 407 Å². The molecule has 2 heterocycles. The van der Waals surface area contributed by atoms with Crippen molar-refractivity contribution in [1.29, 1.82) is 0 Å². The van der Waals surface area contributed by atoms with Crippen molar-refractivity contribution >= 4 is 76.8 Å². The van der Waals surface area contributed by atoms with Gasteiger partial charge in [-0.3, -0.25) is 47.9 Å². The molecule has 0 aromatic rings. The molecule has 0 radical (unpaired) electrons. The van der Waals surface area contributed by atoms with Crippen LogP contribution in [0, 0.1) is 17.8 Å². The zero-order chi connectivity index (χ0) is 52.1. The molecule has 0 aromatic heterocycles. The second-order valence-electron chi connectivity index (χ2n) is 18.6. The molecule has 2 aliphatic heterocycles. The lowest BCUT2D eigenvalue weighted by Crippen LogP contribution is -2.59. The Hall–Kier alpha value is -5.56. The van der Waals surface area contributed by atoms with Gasteiger partial charge in [0, 0.05) is 19.5 Å². The molecule has 2 rings (SSSR count). The fourth-order valence-electron chi connectivity index (χ4n) is 7.86. The number of amides is 10. The minimum atomic E-state index is -1.53. The molecule has 0 bridgehead atoms. The van der Waals surface area contributed by atoms with Crippen LogP contribution in [-0.2, 0) is 52.7 Å². The van der Waals surface area contributed by atoms with Crippen molar-refractivity contribution in [2.45, 2.75) is 148 Å². The van der Waals surface area contributed by atoms with Crippen LogP contribution in [0.3, 0.4) is 0 Å². The van der Waals surface area contributed by atoms with Gasteiger partial charge in [0.2, 0.25) is 59.1 Å². The molecule has 8 atom stereocenters. The number of thioether (sulfide) groups is 1. The molecule has 0 aromatic carbocycles. The Balaban J connectivity index is 2.12. The molecule has 13 N–H and O–H groups in total. The largest absolute Gasteiger partial charge is 0.480 e. The number of carboxylic acids is 1. The van der Waals surface area contributed by atoms with E-state index in [4.69, 9.17) is 11.5 Å². The Kier molecular flexibility index (Phi) is 25.4. The maximum Gasteiger partial charge on any atom is 0.326 e. The molecule has 10 amide bonds. The average Bonchev–Trinajstić information content (AvgIpc) is 3.99. The number of hydrogen-bond acceptors (Lipinski definition) is 14. The van der Waals surface area contributed by atoms with Gasteiger partial charge in [0.25, 0.3) is 0 Å². The van der Waals surface area contributed by atoms with Gasteiger partial charge in [0.05, 0.1) is 25.7 Å². The smallest absolute Gasteiger partial charge is 0.326 e. The van der Waals surface area contributed by atoms with Crippen molar-refractivity contribution in [3.8, 4) is 0 Å². The Bertz CT molecular complexity index is 1840. The summed E-state index contributed by atoms with van der Waals surface area (Å²) in [5.74, 6) is -8.46. The first kappa shape index (κ1) is 59.6. The quantitative estimate of drug-likeness (QED) is 0.0352. The van der Waals surface area contributed by atoms with E-state index in [1.807, 2.05) is 13.8 Å². The SMILES string of the molecule is CSCC[C@H](NC(=O)[C@H](CC(C)C)NC(=O)[C@@H]1CCCN1C(=O)[C@@H]1CCCN1C(=O)CNC(=O)[C@@H](N)CCC(N)=O)C(=O)NCC(=O)N[C@@H](CC(C)C)C(=O)N[C@@H](CO)C(=O)N[C@H](C(=O)O)C(C)C. The molecule has 25 heteroatoms. The number of nitrogens with two attached hydrogens (primary N) is 2. The van der Waals surface area contributed by atoms with E-state index in [-0.39, 0.29) is 63.5 Å². The summed E-state index contributed by atoms with van der Waals surface area (Å²) in [5, 5.41) is 36.9. The van der Waals surface area contributed by atoms with Gasteiger partial charge < -0.3 is 68.7 Å². The van der Waals surface area contributed by atoms with Crippen molar-refractivity contribution in [2.75, 3.05) is 44.8 Å². The van der Waals surface area contributed by atoms with E-state index < -0.39 is 139 Å². The van der Waals surface area contributed by atoms with Crippen LogP contribution in [0.25, 0.3) is 0 Å². The van der Waals surface area contributed by atoms with Crippen LogP contribution in [-0.4, -0.2) is 178 Å². The predicted octanol–water partition coefficient (Wildman–Crippen LogP) is -3.20. The van der Waals surface area contributed by atoms with E-state index in [9.17, 15) is 63.0 Å². The number of aliphatic hydroxyl groups is 1. The van der Waals surface area contributed by atoms with Crippen LogP contribution in [0.1, 0.15) is 99.3 Å². The van der Waals surface area contributed by atoms with Crippen molar-refractivity contribution in [3.63, 3.8) is 0 Å². The number of carbonyl (C=O) groups is 11. The lowest BCUT2D eigenvalue weighted by atomic mass is 10.0. The molecular formula is C44H75N11O13S. The zero-order valence-corrected chi connectivity index (χ0v) is 41.6. The lowest BCUT2D eigenvalue weighted by Gasteiger charge is -2.32. The van der Waals surface area contributed by atoms with Gasteiger partial charge in [-0.25, -0.2) is 4.79 Å². The predicted molar refractivity (Wildman–Crippen MR) is 253 cm³/mol. The number of hydrogen-bond donors (Lipinski definition) is 11. The number of primary amides is 1. The summed E-state index contributed by atoms with van der Waals surface area (Å²) >= 11 is 1.40. The number of likely N-dealkylation sites (tertiary alicyclic amines) is 2. The number of carbonyl (C=O) groups excluding carboxylic acids is 10. The molecular weight excluding hydrogens is 923 g/mol. The third-order valence-corrected chi connectivity index (χ3v) is 12.2. The highest BCUT2D eigenvalue weighted by atomic mass is 32.2. The van der Waals surface area contributed by atoms with Gasteiger partial charge in [-0.1, -0.05) is 41.5 Å². The van der Waals surface area contributed by atoms with Crippen molar-refractivity contribution < 1.29 is 63.0 Å². The van der Waals surface area contributed by atoms with E-state index in [2.05, 4.69) is 37.2 Å². The molecule has 0 aliphatic carbocycles. The van der Waals surface area contributed by atoms with Crippen LogP contribution >= 0.6 is 11.8 Å². The van der Waals surface area contributed by atoms with Gasteiger partial charge in [0.15, 0.2) is 0 Å². The second kappa shape index (κ2) is 29.5. The first-order valence-corrected chi connectivity index (χ1v) is 24.8. The Morgan fingerprint density at radius 2 is 1.19 bits per heavy atom. The maximum atomic E-state index is 14.0. The van der Waals surface area contributed by atoms with E-state index in [1.54, 1.807) is 34.0 Å². The topological polar surface area (TPSA) is 371 Å². The molecule has 0 saturated carbocycles. The summed E-state index contributed by atoms with van der Waals surface area (Å²) in [5.41, 5.74) is 10.9. The zero-order valence-electron chi connectivity index (χ0n) is 40.8. The Morgan fingerprint density at radius 3 is 1.72 bits per heavy atom. The molecule has 2 fully saturated rings. The molecule has 390 valence electrons. The van der Waals surface area contributed by atoms with Gasteiger partial charge in [-0.05, 0) is 81.1 Å². The number of aliphatic carboxylic acids is 1. The number of carboxylic acid groups (broad SMARTS) is 1. The molecule has 24 nitrogen and oxygen atoms in total. The van der Waals surface area contributed by atoms with Crippen molar-refractivity contribution in [1.82, 2.24) is 47.0 Å². The average molecular weight is 998 g/mol. The first-order valence-electron chi connectivity index (χ1n) is 23.4. The highest BCUT2D eigenvalue weighted by Gasteiger charge is 2.43. The standard InChI is InChI=1S/C44H75N11O13S/c1-23(2)18-28(39(62)52-30(22-56)41(64)53-36(25(5)6)44(67)68)49-34(58)20-47-38(61)27(14-17-69-7)50-40(63)29(19-24(3)4)51-42(65)31-10-8-16-55(31)43(66)32-11-9-15-54(32)35(59)21-48-37(60)26(45)12-13-33(46)57/h23-32,36,56H,8-22,45H2,1-7H3,(H2,46,57)(H,47,61)(H,48,60)(H,49,58)(H,50,63)(H,51,65)(H,52,62)(H,53,64)(H,67,68)/t26-,27-,28-,29-,30-,31-,32-,36-/m0/s1. The summed E-state index contributed by atoms with van der Waals surface area (Å²) < 4.78 is 0. The van der Waals surface area contributed by atoms with Gasteiger partial charge in [-0.2, -0.15) is 11.8 Å². The molecule has 69 heavy (non-hydrogen) atoms. The molecule has 0 unspecified atom stereocenters. The van der Waals surface area contributed by atoms with Crippen molar-refractivity contribution in [3.05, 3.63) is 0 Å². The fraction of sp³-hybridized carbons (Fsp3) is 0.750. The van der Waals surface area contributed by atoms with Crippen LogP contribution in [0.15, 0.2) is 0 Å². The summed E-state index contributed by atoms with van der Waals surface area (Å²) in [6.45, 7) is 8.93. The normalized spacial score (nSPS) is 18.3. The van der Waals surface area contributed by atoms with Crippen LogP contribution < -0.4 is 48.7 Å². The fourth-order valence-corrected chi connectivity index (χ4v) is 8.33. The highest BCUT2D eigenvalue weighted by Crippen LogP contribution is 2.25. The maximum absolute atomic E-state index is 14.0. The third kappa shape index (κ3) is 19.8. The van der Waals surface area contributed by atoms with Gasteiger partial charge in [-0.15, -0.1) is 0 Å². The molecule has 2 saturated heterocycles. The minimum absolute atomic E-state index is 0.00283. The monoisotopic (exact) mass is 998 g/mol. The number of rotatable bonds is 29. The number of aliphatic hydroxyl groups excluding tert-OH is 1. The van der Waals surface area contributed by atoms with E-state index >= 15 is 0 Å². The van der Waals surface area contributed by atoms with E-state index in [0.29, 0.717) is 25.0 Å². The first-order chi connectivity index (χ1) is 32.4. The number of nitrogens with one attached hydrogen (secondary N) is 7. The van der Waals surface area contributed by atoms with Crippen molar-refractivity contribution in [2.24, 2.45) is 29.2 Å². The minimum Gasteiger partial charge on any atom is -0.480 e. The van der Waals surface area contributed by atoms with Crippen LogP contribution in [0.2, 0.25) is 0 Å². The summed E-state index contributed by atoms with van der Waals surface area (Å²) in [7, 11) is 0. The van der Waals surface area contributed by atoms with E-state index in [0.717, 1.165) is 0 Å². The molecule has 0 spiro atoms. The third-order valence-electron chi connectivity index (χ3n) is 11.6. The highest BCUT2D eigenvalue weighted by molar-refractivity contribution is 7.98. The Morgan fingerprint density at radius 1 is 0.652 bits per heavy atom. The van der Waals surface area contributed by atoms with Crippen LogP contribution in [0.4, 0.5) is 0 Å². The second-order valence-corrected chi connectivity index (χ2v) is 19.6. The van der Waals surface area contributed by atoms with Gasteiger partial charge >= 0.3 is 5.97 Å². The van der Waals surface area contributed by atoms with Gasteiger partial charge in [0.1, 0.15) is 42.3 Å². The summed E-state index contributed by atoms with van der Waals surface area (Å²) in [4.78, 5) is 146. The van der Waals surface area contributed by atoms with E-state index in [1.165, 1.54) is 21.6 Å². The van der Waals surface area contributed by atoms with Crippen LogP contribution in [0.5, 0.6) is 0 Å². The number of nitrogens with zero attached hydrogens (tertiary/aromatic N) is 2. The summed E-state index contributed by atoms with van der Waals surface area (Å²) in [6, 6.07) is -9.25. The molecule has 2 aliphatic rings. The lowest BCUT2D eigenvalue weighted by molar-refractivity contribution is -0.147. The summed E-state index contributed by atoms with van der Waals surface area (Å²) in [6.07, 6.45) is 3.68.